The van der Waals surface area contributed by atoms with E-state index in [0.717, 1.165) is 18.9 Å². The van der Waals surface area contributed by atoms with Crippen molar-refractivity contribution in [3.8, 4) is 0 Å². The van der Waals surface area contributed by atoms with Crippen molar-refractivity contribution < 1.29 is 4.79 Å². The largest absolute Gasteiger partial charge is 0.338 e. The Kier molecular flexibility index (Phi) is 5.69. The first-order chi connectivity index (χ1) is 14.0. The molecular formula is C21H25ClN6O. The standard InChI is InChI=1S/C21H25ClN6O/c1-16(28-15-18(22)14-24-28)21(29)27-12-10-26(11-13-27)19(17-6-4-3-5-7-17)20-23-8-9-25(20)2/h3-9,14-16,19H,10-13H2,1-2H3/t16-,19+/m0/s1. The Morgan fingerprint density at radius 2 is 1.86 bits per heavy atom. The third kappa shape index (κ3) is 4.06. The van der Waals surface area contributed by atoms with Gasteiger partial charge < -0.3 is 9.47 Å². The zero-order chi connectivity index (χ0) is 20.4. The summed E-state index contributed by atoms with van der Waals surface area (Å²) in [6, 6.07) is 10.1. The molecule has 0 unspecified atom stereocenters. The van der Waals surface area contributed by atoms with Crippen molar-refractivity contribution in [3.05, 3.63) is 71.5 Å². The average Bonchev–Trinajstić information content (AvgIpc) is 3.37. The van der Waals surface area contributed by atoms with E-state index in [-0.39, 0.29) is 18.0 Å². The SMILES string of the molecule is C[C@@H](C(=O)N1CCN([C@H](c2ccccc2)c2nccn2C)CC1)n1cc(Cl)cn1. The van der Waals surface area contributed by atoms with Gasteiger partial charge in [-0.25, -0.2) is 4.98 Å². The molecule has 3 heterocycles. The Morgan fingerprint density at radius 1 is 1.14 bits per heavy atom. The van der Waals surface area contributed by atoms with Gasteiger partial charge in [0.1, 0.15) is 11.9 Å². The van der Waals surface area contributed by atoms with Gasteiger partial charge in [-0.3, -0.25) is 14.4 Å². The summed E-state index contributed by atoms with van der Waals surface area (Å²) in [6.45, 7) is 4.77. The Hall–Kier alpha value is -2.64. The molecule has 0 N–H and O–H groups in total. The monoisotopic (exact) mass is 412 g/mol. The number of carbonyl (C=O) groups excluding carboxylic acids is 1. The van der Waals surface area contributed by atoms with Gasteiger partial charge in [0.05, 0.1) is 17.3 Å². The molecule has 1 aromatic carbocycles. The van der Waals surface area contributed by atoms with E-state index in [1.165, 1.54) is 5.56 Å². The van der Waals surface area contributed by atoms with Crippen molar-refractivity contribution in [2.75, 3.05) is 26.2 Å². The van der Waals surface area contributed by atoms with Gasteiger partial charge in [-0.15, -0.1) is 0 Å². The molecule has 1 aliphatic heterocycles. The van der Waals surface area contributed by atoms with E-state index < -0.39 is 0 Å². The Morgan fingerprint density at radius 3 is 2.45 bits per heavy atom. The van der Waals surface area contributed by atoms with Gasteiger partial charge in [0.25, 0.3) is 0 Å². The molecule has 1 saturated heterocycles. The average molecular weight is 413 g/mol. The number of halogens is 1. The fourth-order valence-electron chi connectivity index (χ4n) is 3.90. The smallest absolute Gasteiger partial charge is 0.247 e. The van der Waals surface area contributed by atoms with E-state index in [4.69, 9.17) is 11.6 Å². The number of rotatable bonds is 5. The summed E-state index contributed by atoms with van der Waals surface area (Å²) in [5.41, 5.74) is 1.21. The van der Waals surface area contributed by atoms with Crippen LogP contribution in [-0.2, 0) is 11.8 Å². The third-order valence-corrected chi connectivity index (χ3v) is 5.73. The molecule has 4 rings (SSSR count). The van der Waals surface area contributed by atoms with Crippen LogP contribution >= 0.6 is 11.6 Å². The maximum absolute atomic E-state index is 12.9. The molecule has 0 aliphatic carbocycles. The predicted octanol–water partition coefficient (Wildman–Crippen LogP) is 2.76. The minimum atomic E-state index is -0.367. The van der Waals surface area contributed by atoms with Crippen LogP contribution in [0, 0.1) is 0 Å². The van der Waals surface area contributed by atoms with Crippen molar-refractivity contribution in [2.24, 2.45) is 7.05 Å². The van der Waals surface area contributed by atoms with Gasteiger partial charge in [0, 0.05) is 51.8 Å². The second kappa shape index (κ2) is 8.39. The molecule has 8 heteroatoms. The molecular weight excluding hydrogens is 388 g/mol. The van der Waals surface area contributed by atoms with Gasteiger partial charge >= 0.3 is 0 Å². The highest BCUT2D eigenvalue weighted by molar-refractivity contribution is 6.30. The lowest BCUT2D eigenvalue weighted by Crippen LogP contribution is -2.51. The highest BCUT2D eigenvalue weighted by atomic mass is 35.5. The van der Waals surface area contributed by atoms with Crippen LogP contribution in [0.5, 0.6) is 0 Å². The molecule has 1 amide bonds. The third-order valence-electron chi connectivity index (χ3n) is 5.53. The van der Waals surface area contributed by atoms with Crippen molar-refractivity contribution in [1.82, 2.24) is 29.1 Å². The number of nitrogens with zero attached hydrogens (tertiary/aromatic N) is 6. The number of imidazole rings is 1. The van der Waals surface area contributed by atoms with E-state index in [0.29, 0.717) is 18.1 Å². The summed E-state index contributed by atoms with van der Waals surface area (Å²) in [6.07, 6.45) is 7.05. The van der Waals surface area contributed by atoms with Crippen LogP contribution in [0.1, 0.15) is 30.4 Å². The molecule has 3 aromatic rings. The van der Waals surface area contributed by atoms with E-state index in [1.807, 2.05) is 37.3 Å². The van der Waals surface area contributed by atoms with Crippen LogP contribution < -0.4 is 0 Å². The van der Waals surface area contributed by atoms with Crippen LogP contribution in [0.3, 0.4) is 0 Å². The molecule has 1 aliphatic rings. The summed E-state index contributed by atoms with van der Waals surface area (Å²) in [7, 11) is 2.02. The number of amides is 1. The quantitative estimate of drug-likeness (QED) is 0.646. The summed E-state index contributed by atoms with van der Waals surface area (Å²) >= 11 is 5.95. The first-order valence-electron chi connectivity index (χ1n) is 9.79. The van der Waals surface area contributed by atoms with Crippen LogP contribution in [-0.4, -0.2) is 61.2 Å². The van der Waals surface area contributed by atoms with Crippen molar-refractivity contribution in [3.63, 3.8) is 0 Å². The molecule has 2 atom stereocenters. The highest BCUT2D eigenvalue weighted by Crippen LogP contribution is 2.28. The Balaban J connectivity index is 1.48. The summed E-state index contributed by atoms with van der Waals surface area (Å²) < 4.78 is 3.69. The van der Waals surface area contributed by atoms with E-state index in [1.54, 1.807) is 17.1 Å². The Labute approximate surface area is 175 Å². The number of benzene rings is 1. The second-order valence-electron chi connectivity index (χ2n) is 7.39. The summed E-state index contributed by atoms with van der Waals surface area (Å²) in [4.78, 5) is 21.8. The maximum Gasteiger partial charge on any atom is 0.247 e. The first-order valence-corrected chi connectivity index (χ1v) is 10.2. The lowest BCUT2D eigenvalue weighted by molar-refractivity contribution is -0.136. The fourth-order valence-corrected chi connectivity index (χ4v) is 4.05. The lowest BCUT2D eigenvalue weighted by Gasteiger charge is -2.39. The van der Waals surface area contributed by atoms with Crippen molar-refractivity contribution in [1.29, 1.82) is 0 Å². The van der Waals surface area contributed by atoms with Gasteiger partial charge in [-0.2, -0.15) is 5.10 Å². The normalized spacial score (nSPS) is 17.3. The number of hydrogen-bond acceptors (Lipinski definition) is 4. The molecule has 7 nitrogen and oxygen atoms in total. The number of carbonyl (C=O) groups is 1. The molecule has 0 radical (unpaired) electrons. The first kappa shape index (κ1) is 19.7. The van der Waals surface area contributed by atoms with Crippen LogP contribution in [0.15, 0.2) is 55.1 Å². The molecule has 2 aromatic heterocycles. The Bertz CT molecular complexity index is 960. The number of aromatic nitrogens is 4. The molecule has 0 saturated carbocycles. The molecule has 1 fully saturated rings. The number of piperazine rings is 1. The second-order valence-corrected chi connectivity index (χ2v) is 7.82. The number of hydrogen-bond donors (Lipinski definition) is 0. The molecule has 29 heavy (non-hydrogen) atoms. The van der Waals surface area contributed by atoms with Gasteiger partial charge in [0.15, 0.2) is 0 Å². The van der Waals surface area contributed by atoms with Gasteiger partial charge in [-0.05, 0) is 12.5 Å². The molecule has 0 spiro atoms. The molecule has 0 bridgehead atoms. The van der Waals surface area contributed by atoms with Crippen molar-refractivity contribution >= 4 is 17.5 Å². The zero-order valence-electron chi connectivity index (χ0n) is 16.6. The van der Waals surface area contributed by atoms with E-state index in [2.05, 4.69) is 43.8 Å². The fraction of sp³-hybridized carbons (Fsp3) is 0.381. The summed E-state index contributed by atoms with van der Waals surface area (Å²) in [5, 5.41) is 4.71. The summed E-state index contributed by atoms with van der Waals surface area (Å²) in [5.74, 6) is 1.08. The predicted molar refractivity (Wildman–Crippen MR) is 112 cm³/mol. The van der Waals surface area contributed by atoms with Crippen LogP contribution in [0.4, 0.5) is 0 Å². The van der Waals surface area contributed by atoms with E-state index in [9.17, 15) is 4.79 Å². The highest BCUT2D eigenvalue weighted by Gasteiger charge is 2.32. The minimum Gasteiger partial charge on any atom is -0.338 e. The minimum absolute atomic E-state index is 0.0656. The van der Waals surface area contributed by atoms with Gasteiger partial charge in [0.2, 0.25) is 5.91 Å². The maximum atomic E-state index is 12.9. The van der Waals surface area contributed by atoms with Crippen LogP contribution in [0.2, 0.25) is 5.02 Å². The topological polar surface area (TPSA) is 59.2 Å². The molecule has 152 valence electrons. The van der Waals surface area contributed by atoms with Gasteiger partial charge in [-0.1, -0.05) is 41.9 Å². The van der Waals surface area contributed by atoms with E-state index >= 15 is 0 Å². The lowest BCUT2D eigenvalue weighted by atomic mass is 10.0. The van der Waals surface area contributed by atoms with Crippen molar-refractivity contribution in [2.45, 2.75) is 19.0 Å². The number of aryl methyl sites for hydroxylation is 1. The zero-order valence-corrected chi connectivity index (χ0v) is 17.4. The van der Waals surface area contributed by atoms with Crippen LogP contribution in [0.25, 0.3) is 0 Å².